The second kappa shape index (κ2) is 10.3. The predicted octanol–water partition coefficient (Wildman–Crippen LogP) is 3.81. The van der Waals surface area contributed by atoms with E-state index in [1.165, 1.54) is 10.5 Å². The van der Waals surface area contributed by atoms with E-state index in [2.05, 4.69) is 10.3 Å². The van der Waals surface area contributed by atoms with Crippen molar-refractivity contribution in [3.05, 3.63) is 117 Å². The number of aromatic nitrogens is 3. The summed E-state index contributed by atoms with van der Waals surface area (Å²) in [6, 6.07) is 21.6. The Morgan fingerprint density at radius 2 is 1.84 bits per heavy atom. The first-order valence-electron chi connectivity index (χ1n) is 11.7. The van der Waals surface area contributed by atoms with Crippen molar-refractivity contribution in [1.29, 1.82) is 5.41 Å². The molecule has 3 heterocycles. The van der Waals surface area contributed by atoms with Gasteiger partial charge in [0.15, 0.2) is 0 Å². The topological polar surface area (TPSA) is 101 Å². The fourth-order valence-electron chi connectivity index (χ4n) is 4.22. The molecule has 0 aliphatic heterocycles. The molecule has 0 aliphatic rings. The minimum Gasteiger partial charge on any atom is -0.497 e. The number of ether oxygens (including phenoxy) is 1. The second-order valence-corrected chi connectivity index (χ2v) is 8.93. The number of hydrogen-bond donors (Lipinski definition) is 2. The highest BCUT2D eigenvalue weighted by atomic mass is 35.5. The molecule has 8 nitrogen and oxygen atoms in total. The number of halogens is 1. The second-order valence-electron chi connectivity index (χ2n) is 8.52. The Balaban J connectivity index is 1.55. The summed E-state index contributed by atoms with van der Waals surface area (Å²) in [5, 5.41) is 12.5. The number of pyridine rings is 2. The summed E-state index contributed by atoms with van der Waals surface area (Å²) in [5.41, 5.74) is 2.26. The van der Waals surface area contributed by atoms with Crippen LogP contribution in [0.15, 0.2) is 83.8 Å². The normalized spacial score (nSPS) is 11.1. The van der Waals surface area contributed by atoms with E-state index in [0.29, 0.717) is 29.3 Å². The van der Waals surface area contributed by atoms with Gasteiger partial charge in [-0.1, -0.05) is 48.0 Å². The number of rotatable bonds is 7. The van der Waals surface area contributed by atoms with Gasteiger partial charge in [0.2, 0.25) is 0 Å². The molecule has 0 unspecified atom stereocenters. The summed E-state index contributed by atoms with van der Waals surface area (Å²) < 4.78 is 8.17. The lowest BCUT2D eigenvalue weighted by Gasteiger charge is -2.15. The van der Waals surface area contributed by atoms with Crippen LogP contribution in [0.2, 0.25) is 5.02 Å². The summed E-state index contributed by atoms with van der Waals surface area (Å²) >= 11 is 6.40. The molecule has 0 spiro atoms. The van der Waals surface area contributed by atoms with Crippen molar-refractivity contribution in [1.82, 2.24) is 19.3 Å². The molecule has 3 aromatic heterocycles. The highest BCUT2D eigenvalue weighted by Crippen LogP contribution is 2.18. The van der Waals surface area contributed by atoms with E-state index in [0.717, 1.165) is 16.9 Å². The number of carbonyl (C=O) groups excluding carboxylic acids is 1. The van der Waals surface area contributed by atoms with Crippen molar-refractivity contribution < 1.29 is 9.53 Å². The number of nitrogens with zero attached hydrogens (tertiary/aromatic N) is 3. The fourth-order valence-corrected chi connectivity index (χ4v) is 4.41. The zero-order valence-electron chi connectivity index (χ0n) is 20.1. The van der Waals surface area contributed by atoms with E-state index < -0.39 is 5.91 Å². The summed E-state index contributed by atoms with van der Waals surface area (Å²) in [6.07, 6.45) is 2.23. The Morgan fingerprint density at radius 1 is 1.08 bits per heavy atom. The molecule has 0 saturated carbocycles. The summed E-state index contributed by atoms with van der Waals surface area (Å²) in [5.74, 6) is 0.323. The summed E-state index contributed by atoms with van der Waals surface area (Å²) in [6.45, 7) is 0.541. The number of nitrogens with one attached hydrogen (secondary N) is 2. The molecule has 0 aliphatic carbocycles. The number of methoxy groups -OCH3 is 1. The molecule has 2 aromatic carbocycles. The maximum Gasteiger partial charge on any atom is 0.267 e. The van der Waals surface area contributed by atoms with Crippen molar-refractivity contribution in [2.45, 2.75) is 13.0 Å². The third-order valence-corrected chi connectivity index (χ3v) is 6.58. The SMILES string of the molecule is COc1ccc(CCNC(=O)c2cc3c(=O)n4ccccc4nc3n(Cc3ccccc3Cl)c2=N)cc1. The smallest absolute Gasteiger partial charge is 0.267 e. The van der Waals surface area contributed by atoms with Crippen LogP contribution in [0, 0.1) is 5.41 Å². The van der Waals surface area contributed by atoms with Crippen molar-refractivity contribution in [3.63, 3.8) is 0 Å². The molecule has 5 rings (SSSR count). The maximum atomic E-state index is 13.4. The summed E-state index contributed by atoms with van der Waals surface area (Å²) in [4.78, 5) is 31.3. The third-order valence-electron chi connectivity index (χ3n) is 6.21. The molecule has 0 saturated heterocycles. The van der Waals surface area contributed by atoms with Gasteiger partial charge in [-0.3, -0.25) is 19.4 Å². The molecule has 2 N–H and O–H groups in total. The Hall–Kier alpha value is -4.43. The summed E-state index contributed by atoms with van der Waals surface area (Å²) in [7, 11) is 1.61. The van der Waals surface area contributed by atoms with E-state index in [1.54, 1.807) is 42.1 Å². The fraction of sp³-hybridized carbons (Fsp3) is 0.143. The third kappa shape index (κ3) is 4.83. The molecule has 186 valence electrons. The Bertz CT molecular complexity index is 1740. The molecule has 9 heteroatoms. The number of carbonyl (C=O) groups is 1. The quantitative estimate of drug-likeness (QED) is 0.323. The van der Waals surface area contributed by atoms with Crippen LogP contribution in [0.5, 0.6) is 5.75 Å². The lowest BCUT2D eigenvalue weighted by atomic mass is 10.1. The van der Waals surface area contributed by atoms with Gasteiger partial charge in [-0.05, 0) is 53.9 Å². The van der Waals surface area contributed by atoms with Crippen molar-refractivity contribution in [2.24, 2.45) is 0 Å². The van der Waals surface area contributed by atoms with Crippen molar-refractivity contribution in [3.8, 4) is 5.75 Å². The van der Waals surface area contributed by atoms with Crippen LogP contribution in [0.4, 0.5) is 0 Å². The van der Waals surface area contributed by atoms with E-state index in [9.17, 15) is 9.59 Å². The minimum absolute atomic E-state index is 0.0541. The Labute approximate surface area is 217 Å². The Morgan fingerprint density at radius 3 is 2.59 bits per heavy atom. The number of benzene rings is 2. The molecule has 0 fully saturated rings. The van der Waals surface area contributed by atoms with Gasteiger partial charge in [0.05, 0.1) is 24.6 Å². The first kappa shape index (κ1) is 24.3. The van der Waals surface area contributed by atoms with Gasteiger partial charge < -0.3 is 14.6 Å². The number of hydrogen-bond acceptors (Lipinski definition) is 5. The molecule has 5 aromatic rings. The maximum absolute atomic E-state index is 13.4. The average molecular weight is 514 g/mol. The van der Waals surface area contributed by atoms with Crippen LogP contribution >= 0.6 is 11.6 Å². The zero-order valence-corrected chi connectivity index (χ0v) is 20.8. The lowest BCUT2D eigenvalue weighted by Crippen LogP contribution is -2.36. The van der Waals surface area contributed by atoms with Crippen LogP contribution in [0.25, 0.3) is 16.7 Å². The largest absolute Gasteiger partial charge is 0.497 e. The van der Waals surface area contributed by atoms with Gasteiger partial charge in [-0.25, -0.2) is 4.98 Å². The molecule has 37 heavy (non-hydrogen) atoms. The van der Waals surface area contributed by atoms with E-state index >= 15 is 0 Å². The first-order valence-corrected chi connectivity index (χ1v) is 12.1. The standard InChI is InChI=1S/C28H24ClN5O3/c1-37-20-11-9-18(10-12-20)13-14-31-27(35)21-16-22-26(32-24-8-4-5-15-33(24)28(22)36)34(25(21)30)17-19-6-2-3-7-23(19)29/h2-12,15-16,30H,13-14,17H2,1H3,(H,31,35). The molecule has 1 amide bonds. The predicted molar refractivity (Wildman–Crippen MR) is 142 cm³/mol. The molecule has 0 bridgehead atoms. The van der Waals surface area contributed by atoms with Crippen LogP contribution in [-0.2, 0) is 13.0 Å². The van der Waals surface area contributed by atoms with Gasteiger partial charge in [-0.2, -0.15) is 0 Å². The molecular weight excluding hydrogens is 490 g/mol. The highest BCUT2D eigenvalue weighted by molar-refractivity contribution is 6.31. The molecule has 0 radical (unpaired) electrons. The van der Waals surface area contributed by atoms with Gasteiger partial charge in [-0.15, -0.1) is 0 Å². The van der Waals surface area contributed by atoms with Gasteiger partial charge in [0, 0.05) is 17.8 Å². The van der Waals surface area contributed by atoms with E-state index in [4.69, 9.17) is 21.7 Å². The number of amides is 1. The van der Waals surface area contributed by atoms with Crippen LogP contribution in [0.3, 0.4) is 0 Å². The lowest BCUT2D eigenvalue weighted by molar-refractivity contribution is 0.0951. The molecule has 0 atom stereocenters. The average Bonchev–Trinajstić information content (AvgIpc) is 2.92. The van der Waals surface area contributed by atoms with E-state index in [1.807, 2.05) is 42.5 Å². The molecular formula is C28H24ClN5O3. The minimum atomic E-state index is -0.439. The van der Waals surface area contributed by atoms with Crippen LogP contribution in [0.1, 0.15) is 21.5 Å². The van der Waals surface area contributed by atoms with E-state index in [-0.39, 0.29) is 28.5 Å². The monoisotopic (exact) mass is 513 g/mol. The first-order chi connectivity index (χ1) is 18.0. The van der Waals surface area contributed by atoms with Gasteiger partial charge in [0.25, 0.3) is 11.5 Å². The van der Waals surface area contributed by atoms with Crippen molar-refractivity contribution in [2.75, 3.05) is 13.7 Å². The zero-order chi connectivity index (χ0) is 25.9. The van der Waals surface area contributed by atoms with Gasteiger partial charge in [0.1, 0.15) is 22.5 Å². The number of fused-ring (bicyclic) bond motifs is 2. The van der Waals surface area contributed by atoms with Crippen molar-refractivity contribution >= 4 is 34.2 Å². The Kier molecular flexibility index (Phi) is 6.74. The van der Waals surface area contributed by atoms with Crippen LogP contribution < -0.4 is 21.1 Å². The van der Waals surface area contributed by atoms with Gasteiger partial charge >= 0.3 is 0 Å². The van der Waals surface area contributed by atoms with Crippen LogP contribution in [-0.4, -0.2) is 33.5 Å². The highest BCUT2D eigenvalue weighted by Gasteiger charge is 2.18.